The lowest BCUT2D eigenvalue weighted by Crippen LogP contribution is -2.50. The normalized spacial score (nSPS) is 22.9. The van der Waals surface area contributed by atoms with Crippen molar-refractivity contribution in [2.75, 3.05) is 32.4 Å². The second-order valence-electron chi connectivity index (χ2n) is 4.11. The van der Waals surface area contributed by atoms with E-state index in [1.807, 2.05) is 7.05 Å². The first-order valence-electron chi connectivity index (χ1n) is 4.68. The maximum Gasteiger partial charge on any atom is 0.100 e. The Kier molecular flexibility index (Phi) is 3.32. The van der Waals surface area contributed by atoms with Crippen LogP contribution in [-0.4, -0.2) is 49.9 Å². The molecule has 0 atom stereocenters. The molecule has 1 fully saturated rings. The van der Waals surface area contributed by atoms with Gasteiger partial charge in [0, 0.05) is 0 Å². The highest BCUT2D eigenvalue weighted by Gasteiger charge is 2.24. The van der Waals surface area contributed by atoms with E-state index in [2.05, 4.69) is 0 Å². The van der Waals surface area contributed by atoms with Gasteiger partial charge >= 0.3 is 0 Å². The molecule has 4 nitrogen and oxygen atoms in total. The van der Waals surface area contributed by atoms with Crippen molar-refractivity contribution in [3.63, 3.8) is 0 Å². The van der Waals surface area contributed by atoms with Crippen LogP contribution in [0, 0.1) is 0 Å². The molecule has 13 heavy (non-hydrogen) atoms. The number of nitrogens with zero attached hydrogens (tertiary/aromatic N) is 1. The van der Waals surface area contributed by atoms with Gasteiger partial charge in [-0.1, -0.05) is 0 Å². The first-order valence-corrected chi connectivity index (χ1v) is 6.26. The molecule has 1 rings (SSSR count). The quantitative estimate of drug-likeness (QED) is 0.489. The van der Waals surface area contributed by atoms with E-state index in [1.54, 1.807) is 0 Å². The maximum atomic E-state index is 10.5. The molecule has 0 aromatic rings. The molecule has 1 aliphatic heterocycles. The average Bonchev–Trinajstić information content (AvgIpc) is 2.02. The van der Waals surface area contributed by atoms with Crippen LogP contribution in [0.15, 0.2) is 0 Å². The SMILES string of the molecule is C[N+]1(CCS(=O)(=O)[O-])CCCCC1. The van der Waals surface area contributed by atoms with Gasteiger partial charge in [-0.3, -0.25) is 0 Å². The first kappa shape index (κ1) is 10.9. The summed E-state index contributed by atoms with van der Waals surface area (Å²) < 4.78 is 32.1. The fourth-order valence-electron chi connectivity index (χ4n) is 1.83. The average molecular weight is 207 g/mol. The molecule has 0 unspecified atom stereocenters. The molecule has 0 aromatic carbocycles. The minimum Gasteiger partial charge on any atom is -0.748 e. The molecule has 0 radical (unpaired) electrons. The van der Waals surface area contributed by atoms with Crippen molar-refractivity contribution in [2.24, 2.45) is 0 Å². The molecule has 0 aliphatic carbocycles. The van der Waals surface area contributed by atoms with Crippen LogP contribution in [0.25, 0.3) is 0 Å². The van der Waals surface area contributed by atoms with Crippen LogP contribution in [0.2, 0.25) is 0 Å². The van der Waals surface area contributed by atoms with E-state index >= 15 is 0 Å². The molecule has 0 saturated carbocycles. The minimum absolute atomic E-state index is 0.219. The highest BCUT2D eigenvalue weighted by atomic mass is 32.2. The second kappa shape index (κ2) is 3.94. The van der Waals surface area contributed by atoms with Crippen molar-refractivity contribution in [1.82, 2.24) is 0 Å². The summed E-state index contributed by atoms with van der Waals surface area (Å²) in [7, 11) is -2.00. The van der Waals surface area contributed by atoms with Crippen molar-refractivity contribution in [2.45, 2.75) is 19.3 Å². The Morgan fingerprint density at radius 2 is 1.77 bits per heavy atom. The summed E-state index contributed by atoms with van der Waals surface area (Å²) in [6, 6.07) is 0. The van der Waals surface area contributed by atoms with Gasteiger partial charge in [-0.15, -0.1) is 0 Å². The highest BCUT2D eigenvalue weighted by Crippen LogP contribution is 2.15. The van der Waals surface area contributed by atoms with Gasteiger partial charge in [-0.25, -0.2) is 8.42 Å². The fourth-order valence-corrected chi connectivity index (χ4v) is 2.50. The van der Waals surface area contributed by atoms with E-state index in [0.717, 1.165) is 30.4 Å². The van der Waals surface area contributed by atoms with E-state index in [-0.39, 0.29) is 5.75 Å². The zero-order valence-electron chi connectivity index (χ0n) is 8.03. The summed E-state index contributed by atoms with van der Waals surface area (Å²) in [6.07, 6.45) is 3.53. The van der Waals surface area contributed by atoms with Crippen LogP contribution in [0.4, 0.5) is 0 Å². The third-order valence-corrected chi connectivity index (χ3v) is 3.46. The van der Waals surface area contributed by atoms with E-state index in [0.29, 0.717) is 6.54 Å². The van der Waals surface area contributed by atoms with Gasteiger partial charge in [0.25, 0.3) is 0 Å². The van der Waals surface area contributed by atoms with Crippen molar-refractivity contribution in [1.29, 1.82) is 0 Å². The Morgan fingerprint density at radius 3 is 2.23 bits per heavy atom. The molecule has 0 aromatic heterocycles. The summed E-state index contributed by atoms with van der Waals surface area (Å²) in [5.74, 6) is -0.219. The lowest BCUT2D eigenvalue weighted by atomic mass is 10.1. The minimum atomic E-state index is -4.03. The predicted octanol–water partition coefficient (Wildman–Crippen LogP) is 0.162. The van der Waals surface area contributed by atoms with Gasteiger partial charge in [0.15, 0.2) is 0 Å². The standard InChI is InChI=1S/C8H17NO3S/c1-9(5-3-2-4-6-9)7-8-13(10,11)12/h2-8H2,1H3. The van der Waals surface area contributed by atoms with Crippen LogP contribution in [0.1, 0.15) is 19.3 Å². The summed E-state index contributed by atoms with van der Waals surface area (Å²) in [6.45, 7) is 2.50. The number of likely N-dealkylation sites (tertiary alicyclic amines) is 1. The zero-order chi connectivity index (χ0) is 9.95. The molecule has 0 amide bonds. The molecule has 1 aliphatic rings. The molecule has 1 heterocycles. The Labute approximate surface area is 79.9 Å². The summed E-state index contributed by atoms with van der Waals surface area (Å²) in [5.41, 5.74) is 0. The molecule has 1 saturated heterocycles. The smallest absolute Gasteiger partial charge is 0.100 e. The lowest BCUT2D eigenvalue weighted by molar-refractivity contribution is -0.911. The fraction of sp³-hybridized carbons (Fsp3) is 1.00. The van der Waals surface area contributed by atoms with Crippen LogP contribution < -0.4 is 0 Å². The molecule has 0 spiro atoms. The van der Waals surface area contributed by atoms with Crippen LogP contribution in [0.5, 0.6) is 0 Å². The Hall–Kier alpha value is -0.130. The maximum absolute atomic E-state index is 10.5. The Balaban J connectivity index is 2.42. The topological polar surface area (TPSA) is 57.2 Å². The Bertz CT molecular complexity index is 255. The van der Waals surface area contributed by atoms with Gasteiger partial charge < -0.3 is 9.04 Å². The van der Waals surface area contributed by atoms with Crippen LogP contribution in [0.3, 0.4) is 0 Å². The van der Waals surface area contributed by atoms with Gasteiger partial charge in [0.05, 0.1) is 32.4 Å². The Morgan fingerprint density at radius 1 is 1.23 bits per heavy atom. The molecule has 5 heteroatoms. The monoisotopic (exact) mass is 207 g/mol. The summed E-state index contributed by atoms with van der Waals surface area (Å²) in [5, 5.41) is 0. The van der Waals surface area contributed by atoms with E-state index < -0.39 is 10.1 Å². The third-order valence-electron chi connectivity index (χ3n) is 2.78. The predicted molar refractivity (Wildman–Crippen MR) is 49.2 cm³/mol. The number of hydrogen-bond donors (Lipinski definition) is 0. The van der Waals surface area contributed by atoms with Crippen molar-refractivity contribution >= 4 is 10.1 Å². The van der Waals surface area contributed by atoms with E-state index in [1.165, 1.54) is 6.42 Å². The van der Waals surface area contributed by atoms with Crippen molar-refractivity contribution in [3.05, 3.63) is 0 Å². The van der Waals surface area contributed by atoms with Crippen LogP contribution >= 0.6 is 0 Å². The zero-order valence-corrected chi connectivity index (χ0v) is 8.85. The van der Waals surface area contributed by atoms with Gasteiger partial charge in [0.2, 0.25) is 0 Å². The number of quaternary nitrogens is 1. The molecular weight excluding hydrogens is 190 g/mol. The summed E-state index contributed by atoms with van der Waals surface area (Å²) in [4.78, 5) is 0. The number of hydrogen-bond acceptors (Lipinski definition) is 3. The molecule has 0 N–H and O–H groups in total. The van der Waals surface area contributed by atoms with Crippen LogP contribution in [-0.2, 0) is 10.1 Å². The number of piperidine rings is 1. The van der Waals surface area contributed by atoms with Gasteiger partial charge in [-0.05, 0) is 19.3 Å². The second-order valence-corrected chi connectivity index (χ2v) is 5.64. The van der Waals surface area contributed by atoms with Gasteiger partial charge in [0.1, 0.15) is 10.1 Å². The third kappa shape index (κ3) is 4.06. The lowest BCUT2D eigenvalue weighted by Gasteiger charge is -2.37. The summed E-state index contributed by atoms with van der Waals surface area (Å²) >= 11 is 0. The molecule has 78 valence electrons. The largest absolute Gasteiger partial charge is 0.748 e. The van der Waals surface area contributed by atoms with Crippen molar-refractivity contribution < 1.29 is 17.5 Å². The van der Waals surface area contributed by atoms with Crippen molar-refractivity contribution in [3.8, 4) is 0 Å². The number of rotatable bonds is 3. The first-order chi connectivity index (χ1) is 5.91. The van der Waals surface area contributed by atoms with E-state index in [4.69, 9.17) is 0 Å². The molecular formula is C8H17NO3S. The molecule has 0 bridgehead atoms. The van der Waals surface area contributed by atoms with Gasteiger partial charge in [-0.2, -0.15) is 0 Å². The van der Waals surface area contributed by atoms with E-state index in [9.17, 15) is 13.0 Å². The highest BCUT2D eigenvalue weighted by molar-refractivity contribution is 7.85.